The molecule has 3 rings (SSSR count). The lowest BCUT2D eigenvalue weighted by Gasteiger charge is -2.08. The standard InChI is InChI=1S/C13H11ClN4OS/c14-9-7-15-17(8-9)5-6-18-12(19)10-3-1-2-4-11(10)16-13(18)20/h1-4,7-8H,5-6H2,(H,16,20). The maximum Gasteiger partial charge on any atom is 0.262 e. The number of aromatic amines is 1. The first-order valence-corrected chi connectivity index (χ1v) is 6.83. The quantitative estimate of drug-likeness (QED) is 0.757. The summed E-state index contributed by atoms with van der Waals surface area (Å²) in [4.78, 5) is 15.5. The lowest BCUT2D eigenvalue weighted by atomic mass is 10.2. The fraction of sp³-hybridized carbons (Fsp3) is 0.154. The molecule has 0 saturated carbocycles. The normalized spacial score (nSPS) is 11.1. The van der Waals surface area contributed by atoms with Gasteiger partial charge in [-0.05, 0) is 24.4 Å². The van der Waals surface area contributed by atoms with Gasteiger partial charge in [0, 0.05) is 12.7 Å². The Bertz CT molecular complexity index is 880. The number of H-pyrrole nitrogens is 1. The van der Waals surface area contributed by atoms with Gasteiger partial charge in [0.1, 0.15) is 0 Å². The van der Waals surface area contributed by atoms with Crippen molar-refractivity contribution in [3.8, 4) is 0 Å². The summed E-state index contributed by atoms with van der Waals surface area (Å²) in [5.74, 6) is 0. The van der Waals surface area contributed by atoms with Crippen LogP contribution in [0.15, 0.2) is 41.5 Å². The maximum atomic E-state index is 12.4. The first-order chi connectivity index (χ1) is 9.65. The van der Waals surface area contributed by atoms with Crippen LogP contribution in [0.5, 0.6) is 0 Å². The molecule has 0 bridgehead atoms. The minimum absolute atomic E-state index is 0.0948. The highest BCUT2D eigenvalue weighted by atomic mass is 35.5. The minimum Gasteiger partial charge on any atom is -0.332 e. The summed E-state index contributed by atoms with van der Waals surface area (Å²) in [7, 11) is 0. The Balaban J connectivity index is 1.99. The Kier molecular flexibility index (Phi) is 3.42. The first kappa shape index (κ1) is 13.1. The van der Waals surface area contributed by atoms with Gasteiger partial charge in [-0.1, -0.05) is 23.7 Å². The second-order valence-corrected chi connectivity index (χ2v) is 5.18. The maximum absolute atomic E-state index is 12.4. The summed E-state index contributed by atoms with van der Waals surface area (Å²) in [5, 5.41) is 5.27. The molecule has 0 spiro atoms. The lowest BCUT2D eigenvalue weighted by molar-refractivity contribution is 0.517. The van der Waals surface area contributed by atoms with Gasteiger partial charge >= 0.3 is 0 Å². The van der Waals surface area contributed by atoms with Gasteiger partial charge < -0.3 is 4.98 Å². The number of rotatable bonds is 3. The van der Waals surface area contributed by atoms with E-state index in [0.717, 1.165) is 5.52 Å². The van der Waals surface area contributed by atoms with Crippen LogP contribution in [-0.4, -0.2) is 19.3 Å². The Labute approximate surface area is 124 Å². The van der Waals surface area contributed by atoms with Gasteiger partial charge in [0.2, 0.25) is 0 Å². The molecular formula is C13H11ClN4OS. The summed E-state index contributed by atoms with van der Waals surface area (Å²) in [6.07, 6.45) is 3.27. The molecule has 0 aliphatic rings. The summed E-state index contributed by atoms with van der Waals surface area (Å²) in [5.41, 5.74) is 0.656. The smallest absolute Gasteiger partial charge is 0.262 e. The molecule has 0 aliphatic carbocycles. The summed E-state index contributed by atoms with van der Waals surface area (Å²) < 4.78 is 3.62. The zero-order valence-electron chi connectivity index (χ0n) is 10.4. The molecular weight excluding hydrogens is 296 g/mol. The van der Waals surface area contributed by atoms with E-state index in [0.29, 0.717) is 28.3 Å². The SMILES string of the molecule is O=c1c2ccccc2[nH]c(=S)n1CCn1cc(Cl)cn1. The zero-order valence-corrected chi connectivity index (χ0v) is 12.0. The predicted molar refractivity (Wildman–Crippen MR) is 80.6 cm³/mol. The minimum atomic E-state index is -0.0948. The second-order valence-electron chi connectivity index (χ2n) is 4.35. The number of hydrogen-bond donors (Lipinski definition) is 1. The average molecular weight is 307 g/mol. The molecule has 1 aromatic carbocycles. The van der Waals surface area contributed by atoms with Crippen molar-refractivity contribution in [2.75, 3.05) is 0 Å². The van der Waals surface area contributed by atoms with Crippen molar-refractivity contribution in [2.45, 2.75) is 13.1 Å². The largest absolute Gasteiger partial charge is 0.332 e. The van der Waals surface area contributed by atoms with Gasteiger partial charge in [-0.2, -0.15) is 5.10 Å². The van der Waals surface area contributed by atoms with Crippen LogP contribution in [0.4, 0.5) is 0 Å². The van der Waals surface area contributed by atoms with Crippen LogP contribution in [0.3, 0.4) is 0 Å². The average Bonchev–Trinajstić information content (AvgIpc) is 2.84. The monoisotopic (exact) mass is 306 g/mol. The highest BCUT2D eigenvalue weighted by Gasteiger charge is 2.05. The van der Waals surface area contributed by atoms with Crippen LogP contribution in [0.1, 0.15) is 0 Å². The zero-order chi connectivity index (χ0) is 14.1. The third-order valence-corrected chi connectivity index (χ3v) is 3.56. The third-order valence-electron chi connectivity index (χ3n) is 3.04. The predicted octanol–water partition coefficient (Wildman–Crippen LogP) is 2.61. The van der Waals surface area contributed by atoms with E-state index < -0.39 is 0 Å². The molecule has 0 aliphatic heterocycles. The Morgan fingerprint density at radius 1 is 1.30 bits per heavy atom. The molecule has 0 amide bonds. The Morgan fingerprint density at radius 3 is 2.85 bits per heavy atom. The van der Waals surface area contributed by atoms with Crippen LogP contribution in [0.2, 0.25) is 5.02 Å². The van der Waals surface area contributed by atoms with Crippen molar-refractivity contribution in [1.29, 1.82) is 0 Å². The highest BCUT2D eigenvalue weighted by molar-refractivity contribution is 7.71. The highest BCUT2D eigenvalue weighted by Crippen LogP contribution is 2.07. The number of halogens is 1. The van der Waals surface area contributed by atoms with Gasteiger partial charge in [-0.3, -0.25) is 14.0 Å². The van der Waals surface area contributed by atoms with Crippen LogP contribution in [-0.2, 0) is 13.1 Å². The number of aryl methyl sites for hydroxylation is 1. The molecule has 2 heterocycles. The summed E-state index contributed by atoms with van der Waals surface area (Å²) >= 11 is 11.0. The third kappa shape index (κ3) is 2.39. The molecule has 0 unspecified atom stereocenters. The van der Waals surface area contributed by atoms with Gasteiger partial charge in [-0.15, -0.1) is 0 Å². The number of aromatic nitrogens is 4. The van der Waals surface area contributed by atoms with Crippen LogP contribution in [0, 0.1) is 4.77 Å². The molecule has 102 valence electrons. The van der Waals surface area contributed by atoms with E-state index in [9.17, 15) is 4.79 Å². The molecule has 20 heavy (non-hydrogen) atoms. The van der Waals surface area contributed by atoms with Crippen molar-refractivity contribution >= 4 is 34.7 Å². The van der Waals surface area contributed by atoms with Crippen LogP contribution < -0.4 is 5.56 Å². The van der Waals surface area contributed by atoms with Crippen molar-refractivity contribution < 1.29 is 0 Å². The second kappa shape index (κ2) is 5.22. The number of nitrogens with zero attached hydrogens (tertiary/aromatic N) is 3. The van der Waals surface area contributed by atoms with E-state index in [4.69, 9.17) is 23.8 Å². The molecule has 7 heteroatoms. The van der Waals surface area contributed by atoms with Gasteiger partial charge in [0.25, 0.3) is 5.56 Å². The first-order valence-electron chi connectivity index (χ1n) is 6.05. The van der Waals surface area contributed by atoms with E-state index in [1.54, 1.807) is 23.1 Å². The molecule has 3 aromatic rings. The van der Waals surface area contributed by atoms with Gasteiger partial charge in [-0.25, -0.2) is 0 Å². The van der Waals surface area contributed by atoms with E-state index in [1.165, 1.54) is 4.57 Å². The number of hydrogen-bond acceptors (Lipinski definition) is 3. The molecule has 0 atom stereocenters. The summed E-state index contributed by atoms with van der Waals surface area (Å²) in [6.45, 7) is 0.972. The van der Waals surface area contributed by atoms with Gasteiger partial charge in [0.05, 0.1) is 28.7 Å². The molecule has 0 fully saturated rings. The van der Waals surface area contributed by atoms with Crippen molar-refractivity contribution in [3.63, 3.8) is 0 Å². The molecule has 5 nitrogen and oxygen atoms in total. The van der Waals surface area contributed by atoms with Crippen LogP contribution in [0.25, 0.3) is 10.9 Å². The topological polar surface area (TPSA) is 55.6 Å². The molecule has 0 radical (unpaired) electrons. The summed E-state index contributed by atoms with van der Waals surface area (Å²) in [6, 6.07) is 7.32. The van der Waals surface area contributed by atoms with E-state index in [2.05, 4.69) is 10.1 Å². The molecule has 0 saturated heterocycles. The Morgan fingerprint density at radius 2 is 2.10 bits per heavy atom. The number of para-hydroxylation sites is 1. The Hall–Kier alpha value is -1.92. The van der Waals surface area contributed by atoms with E-state index in [-0.39, 0.29) is 5.56 Å². The van der Waals surface area contributed by atoms with Crippen molar-refractivity contribution in [1.82, 2.24) is 19.3 Å². The number of benzene rings is 1. The van der Waals surface area contributed by atoms with Gasteiger partial charge in [0.15, 0.2) is 4.77 Å². The number of fused-ring (bicyclic) bond motifs is 1. The van der Waals surface area contributed by atoms with E-state index in [1.807, 2.05) is 18.2 Å². The lowest BCUT2D eigenvalue weighted by Crippen LogP contribution is -2.24. The molecule has 2 aromatic heterocycles. The van der Waals surface area contributed by atoms with Crippen molar-refractivity contribution in [3.05, 3.63) is 56.8 Å². The van der Waals surface area contributed by atoms with Crippen LogP contribution >= 0.6 is 23.8 Å². The number of nitrogens with one attached hydrogen (secondary N) is 1. The van der Waals surface area contributed by atoms with E-state index >= 15 is 0 Å². The fourth-order valence-electron chi connectivity index (χ4n) is 2.07. The van der Waals surface area contributed by atoms with Crippen molar-refractivity contribution in [2.24, 2.45) is 0 Å². The molecule has 1 N–H and O–H groups in total. The fourth-order valence-corrected chi connectivity index (χ4v) is 2.51.